The Morgan fingerprint density at radius 2 is 1.84 bits per heavy atom. The molecule has 0 saturated carbocycles. The van der Waals surface area contributed by atoms with E-state index in [4.69, 9.17) is 10.1 Å². The lowest BCUT2D eigenvalue weighted by atomic mass is 9.73. The smallest absolute Gasteiger partial charge is 0.137 e. The standard InChI is InChI=1S/C35H38N2O/c1-3-25(21-36)20-28-12-14-31-30-13-11-27-10-9-24(2)19-34(27)32(30)15-16-33(31)35(28)37-18-17-29(22-37)38-23-26-7-5-4-6-8-26/h4-11,13,15-18,21-22,24-25,28,35-36H,3,12,14,19-20,23H2,1-2H3/t24-,25+,28+,35+/m1/s1. The van der Waals surface area contributed by atoms with Crippen molar-refractivity contribution in [2.24, 2.45) is 17.8 Å². The minimum Gasteiger partial charge on any atom is -0.487 e. The largest absolute Gasteiger partial charge is 0.487 e. The molecule has 2 aliphatic carbocycles. The predicted octanol–water partition coefficient (Wildman–Crippen LogP) is 8.64. The number of nitrogens with zero attached hydrogens (tertiary/aromatic N) is 1. The zero-order valence-electron chi connectivity index (χ0n) is 22.6. The monoisotopic (exact) mass is 502 g/mol. The molecule has 38 heavy (non-hydrogen) atoms. The lowest BCUT2D eigenvalue weighted by molar-refractivity contribution is 0.285. The molecule has 4 aromatic rings. The highest BCUT2D eigenvalue weighted by atomic mass is 16.5. The number of nitrogens with one attached hydrogen (secondary N) is 1. The van der Waals surface area contributed by atoms with E-state index in [-0.39, 0.29) is 6.04 Å². The summed E-state index contributed by atoms with van der Waals surface area (Å²) in [7, 11) is 0. The van der Waals surface area contributed by atoms with Gasteiger partial charge in [-0.25, -0.2) is 0 Å². The van der Waals surface area contributed by atoms with Crippen molar-refractivity contribution in [2.45, 2.75) is 58.6 Å². The van der Waals surface area contributed by atoms with E-state index in [0.717, 1.165) is 37.9 Å². The summed E-state index contributed by atoms with van der Waals surface area (Å²) >= 11 is 0. The van der Waals surface area contributed by atoms with E-state index < -0.39 is 0 Å². The molecule has 4 atom stereocenters. The van der Waals surface area contributed by atoms with Gasteiger partial charge in [0.05, 0.1) is 6.04 Å². The van der Waals surface area contributed by atoms with Crippen LogP contribution in [0, 0.1) is 23.2 Å². The second kappa shape index (κ2) is 10.6. The van der Waals surface area contributed by atoms with Crippen molar-refractivity contribution in [3.63, 3.8) is 0 Å². The highest BCUT2D eigenvalue weighted by Crippen LogP contribution is 2.45. The molecule has 0 unspecified atom stereocenters. The molecule has 0 amide bonds. The molecule has 3 aromatic carbocycles. The van der Waals surface area contributed by atoms with Gasteiger partial charge >= 0.3 is 0 Å². The van der Waals surface area contributed by atoms with Crippen molar-refractivity contribution < 1.29 is 4.74 Å². The average molecular weight is 503 g/mol. The number of benzene rings is 3. The molecule has 1 heterocycles. The third-order valence-electron chi connectivity index (χ3n) is 8.78. The fraction of sp³-hybridized carbons (Fsp3) is 0.343. The van der Waals surface area contributed by atoms with E-state index in [9.17, 15) is 0 Å². The third kappa shape index (κ3) is 4.71. The van der Waals surface area contributed by atoms with Crippen LogP contribution in [0.1, 0.15) is 67.0 Å². The van der Waals surface area contributed by atoms with Crippen LogP contribution in [0.5, 0.6) is 5.75 Å². The van der Waals surface area contributed by atoms with Gasteiger partial charge in [0.15, 0.2) is 0 Å². The lowest BCUT2D eigenvalue weighted by Crippen LogP contribution is -2.28. The van der Waals surface area contributed by atoms with Gasteiger partial charge in [0.25, 0.3) is 0 Å². The minimum atomic E-state index is 0.251. The Hall–Kier alpha value is -3.59. The van der Waals surface area contributed by atoms with E-state index in [1.54, 1.807) is 6.21 Å². The van der Waals surface area contributed by atoms with Crippen LogP contribution in [0.4, 0.5) is 0 Å². The number of hydrogen-bond donors (Lipinski definition) is 1. The van der Waals surface area contributed by atoms with E-state index >= 15 is 0 Å². The molecule has 2 aliphatic rings. The van der Waals surface area contributed by atoms with Gasteiger partial charge < -0.3 is 14.7 Å². The van der Waals surface area contributed by atoms with Crippen LogP contribution in [0.3, 0.4) is 0 Å². The Kier molecular flexibility index (Phi) is 6.93. The van der Waals surface area contributed by atoms with Crippen LogP contribution in [0.25, 0.3) is 16.8 Å². The van der Waals surface area contributed by atoms with Crippen molar-refractivity contribution in [2.75, 3.05) is 0 Å². The third-order valence-corrected chi connectivity index (χ3v) is 8.78. The summed E-state index contributed by atoms with van der Waals surface area (Å²) in [5, 5.41) is 10.9. The molecule has 3 heteroatoms. The number of allylic oxidation sites excluding steroid dienone is 1. The summed E-state index contributed by atoms with van der Waals surface area (Å²) in [4.78, 5) is 0. The van der Waals surface area contributed by atoms with Crippen LogP contribution >= 0.6 is 0 Å². The van der Waals surface area contributed by atoms with Crippen LogP contribution in [-0.2, 0) is 19.4 Å². The van der Waals surface area contributed by atoms with Crippen molar-refractivity contribution in [1.82, 2.24) is 4.57 Å². The van der Waals surface area contributed by atoms with Gasteiger partial charge in [-0.3, -0.25) is 0 Å². The fourth-order valence-electron chi connectivity index (χ4n) is 6.69. The summed E-state index contributed by atoms with van der Waals surface area (Å²) < 4.78 is 8.57. The number of aryl methyl sites for hydroxylation is 1. The molecule has 194 valence electrons. The zero-order chi connectivity index (χ0) is 26.1. The van der Waals surface area contributed by atoms with Crippen molar-refractivity contribution in [1.29, 1.82) is 5.41 Å². The molecule has 0 spiro atoms. The molecular formula is C35H38N2O. The second-order valence-corrected chi connectivity index (χ2v) is 11.3. The van der Waals surface area contributed by atoms with Crippen molar-refractivity contribution in [3.8, 4) is 5.75 Å². The molecule has 0 bridgehead atoms. The Bertz CT molecular complexity index is 1460. The topological polar surface area (TPSA) is 38.0 Å². The van der Waals surface area contributed by atoms with Gasteiger partial charge in [0.1, 0.15) is 12.4 Å². The number of fused-ring (bicyclic) bond motifs is 5. The molecule has 0 radical (unpaired) electrons. The Balaban J connectivity index is 1.38. The van der Waals surface area contributed by atoms with Crippen LogP contribution in [0.15, 0.2) is 79.1 Å². The maximum atomic E-state index is 7.99. The zero-order valence-corrected chi connectivity index (χ0v) is 22.6. The van der Waals surface area contributed by atoms with Crippen LogP contribution in [-0.4, -0.2) is 10.8 Å². The van der Waals surface area contributed by atoms with Crippen LogP contribution in [0.2, 0.25) is 0 Å². The van der Waals surface area contributed by atoms with Crippen LogP contribution < -0.4 is 4.74 Å². The van der Waals surface area contributed by atoms with E-state index in [0.29, 0.717) is 24.4 Å². The van der Waals surface area contributed by atoms with Gasteiger partial charge in [0.2, 0.25) is 0 Å². The van der Waals surface area contributed by atoms with Gasteiger partial charge in [0, 0.05) is 12.4 Å². The number of rotatable bonds is 8. The van der Waals surface area contributed by atoms with Crippen molar-refractivity contribution in [3.05, 3.63) is 107 Å². The Morgan fingerprint density at radius 1 is 1.03 bits per heavy atom. The van der Waals surface area contributed by atoms with E-state index in [1.807, 2.05) is 6.07 Å². The second-order valence-electron chi connectivity index (χ2n) is 11.3. The molecule has 3 nitrogen and oxygen atoms in total. The molecule has 1 N–H and O–H groups in total. The first kappa shape index (κ1) is 24.7. The Labute approximate surface area is 226 Å². The first-order valence-corrected chi connectivity index (χ1v) is 14.2. The van der Waals surface area contributed by atoms with E-state index in [1.165, 1.54) is 38.6 Å². The molecule has 1 aromatic heterocycles. The minimum absolute atomic E-state index is 0.251. The summed E-state index contributed by atoms with van der Waals surface area (Å²) in [6.07, 6.45) is 16.1. The number of hydrogen-bond acceptors (Lipinski definition) is 2. The SMILES string of the molecule is CC[C@H](C=N)C[C@@H]1CCc2c(ccc3c4c(ccc23)C=C[C@@H](C)C4)[C@H]1n1ccc(OCc2ccccc2)c1. The summed E-state index contributed by atoms with van der Waals surface area (Å²) in [5.41, 5.74) is 7.02. The first-order valence-electron chi connectivity index (χ1n) is 14.2. The highest BCUT2D eigenvalue weighted by molar-refractivity contribution is 5.93. The maximum Gasteiger partial charge on any atom is 0.137 e. The van der Waals surface area contributed by atoms with Gasteiger partial charge in [-0.15, -0.1) is 0 Å². The molecular weight excluding hydrogens is 464 g/mol. The quantitative estimate of drug-likeness (QED) is 0.241. The van der Waals surface area contributed by atoms with Gasteiger partial charge in [-0.05, 0) is 101 Å². The normalized spacial score (nSPS) is 21.1. The van der Waals surface area contributed by atoms with Gasteiger partial charge in [-0.1, -0.05) is 80.6 Å². The Morgan fingerprint density at radius 3 is 2.66 bits per heavy atom. The highest BCUT2D eigenvalue weighted by Gasteiger charge is 2.33. The molecule has 0 saturated heterocycles. The molecule has 0 fully saturated rings. The number of ether oxygens (including phenoxy) is 1. The van der Waals surface area contributed by atoms with E-state index in [2.05, 4.69) is 97.6 Å². The maximum absolute atomic E-state index is 7.99. The molecule has 0 aliphatic heterocycles. The average Bonchev–Trinajstić information content (AvgIpc) is 3.43. The molecule has 6 rings (SSSR count). The summed E-state index contributed by atoms with van der Waals surface area (Å²) in [6, 6.07) is 22.2. The summed E-state index contributed by atoms with van der Waals surface area (Å²) in [6.45, 7) is 5.09. The fourth-order valence-corrected chi connectivity index (χ4v) is 6.69. The van der Waals surface area contributed by atoms with Gasteiger partial charge in [-0.2, -0.15) is 0 Å². The number of aromatic nitrogens is 1. The summed E-state index contributed by atoms with van der Waals surface area (Å²) in [5.74, 6) is 2.31. The van der Waals surface area contributed by atoms with Crippen molar-refractivity contribution >= 4 is 23.1 Å². The lowest BCUT2D eigenvalue weighted by Gasteiger charge is -2.37. The first-order chi connectivity index (χ1) is 18.6. The predicted molar refractivity (Wildman–Crippen MR) is 158 cm³/mol.